The first-order valence-corrected chi connectivity index (χ1v) is 7.10. The molecule has 3 nitrogen and oxygen atoms in total. The number of benzene rings is 1. The van der Waals surface area contributed by atoms with Crippen molar-refractivity contribution in [2.45, 2.75) is 32.9 Å². The molecule has 0 amide bonds. The Morgan fingerprint density at radius 2 is 2.15 bits per heavy atom. The Morgan fingerprint density at radius 3 is 2.85 bits per heavy atom. The van der Waals surface area contributed by atoms with Crippen LogP contribution in [0.5, 0.6) is 0 Å². The second-order valence-corrected chi connectivity index (χ2v) is 5.13. The summed E-state index contributed by atoms with van der Waals surface area (Å²) < 4.78 is 5.55. The van der Waals surface area contributed by atoms with Crippen LogP contribution in [-0.4, -0.2) is 42.9 Å². The summed E-state index contributed by atoms with van der Waals surface area (Å²) in [7, 11) is 2.09. The van der Waals surface area contributed by atoms with Gasteiger partial charge in [0, 0.05) is 25.1 Å². The topological polar surface area (TPSA) is 32.7 Å². The monoisotopic (exact) mass is 275 g/mol. The van der Waals surface area contributed by atoms with Crippen molar-refractivity contribution in [1.29, 1.82) is 0 Å². The summed E-state index contributed by atoms with van der Waals surface area (Å²) >= 11 is 0. The second-order valence-electron chi connectivity index (χ2n) is 5.13. The van der Waals surface area contributed by atoms with Gasteiger partial charge in [0.05, 0.1) is 19.3 Å². The molecular formula is C17H25NO2. The maximum atomic E-state index is 8.72. The zero-order valence-electron chi connectivity index (χ0n) is 12.7. The number of hydrogen-bond acceptors (Lipinski definition) is 3. The normalized spacial score (nSPS) is 10.7. The van der Waals surface area contributed by atoms with Crippen molar-refractivity contribution in [2.24, 2.45) is 0 Å². The van der Waals surface area contributed by atoms with Crippen LogP contribution in [0.15, 0.2) is 24.3 Å². The van der Waals surface area contributed by atoms with Gasteiger partial charge in [-0.3, -0.25) is 4.90 Å². The van der Waals surface area contributed by atoms with E-state index in [0.29, 0.717) is 6.42 Å². The van der Waals surface area contributed by atoms with E-state index in [2.05, 4.69) is 49.8 Å². The molecule has 0 bridgehead atoms. The molecular weight excluding hydrogens is 250 g/mol. The van der Waals surface area contributed by atoms with Crippen molar-refractivity contribution in [3.8, 4) is 11.8 Å². The van der Waals surface area contributed by atoms with Crippen LogP contribution >= 0.6 is 0 Å². The van der Waals surface area contributed by atoms with Crippen LogP contribution in [0.2, 0.25) is 0 Å². The number of nitrogens with zero attached hydrogens (tertiary/aromatic N) is 1. The number of rotatable bonds is 7. The van der Waals surface area contributed by atoms with E-state index < -0.39 is 0 Å². The number of aliphatic hydroxyl groups is 1. The van der Waals surface area contributed by atoms with Gasteiger partial charge in [-0.05, 0) is 38.6 Å². The molecule has 0 saturated carbocycles. The molecule has 0 fully saturated rings. The van der Waals surface area contributed by atoms with E-state index in [4.69, 9.17) is 9.84 Å². The summed E-state index contributed by atoms with van der Waals surface area (Å²) in [4.78, 5) is 2.24. The highest BCUT2D eigenvalue weighted by Crippen LogP contribution is 2.07. The molecule has 0 unspecified atom stereocenters. The minimum Gasteiger partial charge on any atom is -0.395 e. The lowest BCUT2D eigenvalue weighted by atomic mass is 10.1. The highest BCUT2D eigenvalue weighted by atomic mass is 16.5. The average molecular weight is 275 g/mol. The largest absolute Gasteiger partial charge is 0.395 e. The van der Waals surface area contributed by atoms with Crippen molar-refractivity contribution < 1.29 is 9.84 Å². The zero-order valence-corrected chi connectivity index (χ0v) is 12.7. The molecule has 1 aromatic rings. The van der Waals surface area contributed by atoms with E-state index in [-0.39, 0.29) is 12.7 Å². The van der Waals surface area contributed by atoms with Gasteiger partial charge in [0.15, 0.2) is 0 Å². The minimum absolute atomic E-state index is 0.116. The Balaban J connectivity index is 2.47. The third kappa shape index (κ3) is 7.30. The third-order valence-electron chi connectivity index (χ3n) is 2.77. The maximum absolute atomic E-state index is 8.72. The molecule has 1 rings (SSSR count). The quantitative estimate of drug-likeness (QED) is 0.775. The van der Waals surface area contributed by atoms with Gasteiger partial charge < -0.3 is 9.84 Å². The van der Waals surface area contributed by atoms with Crippen molar-refractivity contribution in [3.05, 3.63) is 35.4 Å². The van der Waals surface area contributed by atoms with Gasteiger partial charge in [-0.2, -0.15) is 0 Å². The molecule has 0 atom stereocenters. The zero-order chi connectivity index (χ0) is 14.8. The first-order valence-electron chi connectivity index (χ1n) is 7.10. The SMILES string of the molecule is CC(C)OCCN(C)Cc1cccc(C#CCCO)c1. The van der Waals surface area contributed by atoms with Crippen LogP contribution in [0, 0.1) is 11.8 Å². The molecule has 0 aliphatic heterocycles. The first-order chi connectivity index (χ1) is 9.61. The summed E-state index contributed by atoms with van der Waals surface area (Å²) in [5.74, 6) is 6.01. The van der Waals surface area contributed by atoms with E-state index in [1.807, 2.05) is 12.1 Å². The van der Waals surface area contributed by atoms with Crippen LogP contribution < -0.4 is 0 Å². The van der Waals surface area contributed by atoms with Crippen LogP contribution in [0.4, 0.5) is 0 Å². The van der Waals surface area contributed by atoms with Crippen molar-refractivity contribution >= 4 is 0 Å². The Hall–Kier alpha value is -1.34. The van der Waals surface area contributed by atoms with E-state index >= 15 is 0 Å². The van der Waals surface area contributed by atoms with Gasteiger partial charge in [0.2, 0.25) is 0 Å². The maximum Gasteiger partial charge on any atom is 0.0596 e. The van der Waals surface area contributed by atoms with Crippen LogP contribution in [0.25, 0.3) is 0 Å². The molecule has 0 aliphatic rings. The van der Waals surface area contributed by atoms with Crippen LogP contribution in [0.1, 0.15) is 31.4 Å². The highest BCUT2D eigenvalue weighted by molar-refractivity contribution is 5.37. The van der Waals surface area contributed by atoms with Crippen molar-refractivity contribution in [3.63, 3.8) is 0 Å². The van der Waals surface area contributed by atoms with Crippen LogP contribution in [-0.2, 0) is 11.3 Å². The summed E-state index contributed by atoms with van der Waals surface area (Å²) in [5, 5.41) is 8.72. The molecule has 3 heteroatoms. The molecule has 0 saturated heterocycles. The predicted octanol–water partition coefficient (Wildman–Crippen LogP) is 2.28. The predicted molar refractivity (Wildman–Crippen MR) is 82.4 cm³/mol. The molecule has 0 aliphatic carbocycles. The Bertz CT molecular complexity index is 446. The fourth-order valence-electron chi connectivity index (χ4n) is 1.80. The summed E-state index contributed by atoms with van der Waals surface area (Å²) in [5.41, 5.74) is 2.25. The summed E-state index contributed by atoms with van der Waals surface area (Å²) in [6.07, 6.45) is 0.810. The molecule has 110 valence electrons. The van der Waals surface area contributed by atoms with E-state index in [1.165, 1.54) is 5.56 Å². The fraction of sp³-hybridized carbons (Fsp3) is 0.529. The molecule has 0 radical (unpaired) electrons. The number of ether oxygens (including phenoxy) is 1. The molecule has 20 heavy (non-hydrogen) atoms. The van der Waals surface area contributed by atoms with Gasteiger partial charge in [-0.25, -0.2) is 0 Å². The van der Waals surface area contributed by atoms with Gasteiger partial charge in [0.25, 0.3) is 0 Å². The number of likely N-dealkylation sites (N-methyl/N-ethyl adjacent to an activating group) is 1. The average Bonchev–Trinajstić information content (AvgIpc) is 2.39. The highest BCUT2D eigenvalue weighted by Gasteiger charge is 2.02. The Kier molecular flexibility index (Phi) is 7.98. The standard InChI is InChI=1S/C17H25NO2/c1-15(2)20-12-10-18(3)14-17-9-6-8-16(13-17)7-4-5-11-19/h6,8-9,13,15,19H,5,10-12,14H2,1-3H3. The third-order valence-corrected chi connectivity index (χ3v) is 2.77. The fourth-order valence-corrected chi connectivity index (χ4v) is 1.80. The number of aliphatic hydroxyl groups excluding tert-OH is 1. The van der Waals surface area contributed by atoms with E-state index in [0.717, 1.165) is 25.3 Å². The Labute approximate surface area is 122 Å². The number of hydrogen-bond donors (Lipinski definition) is 1. The lowest BCUT2D eigenvalue weighted by Crippen LogP contribution is -2.24. The second kappa shape index (κ2) is 9.55. The van der Waals surface area contributed by atoms with Crippen molar-refractivity contribution in [1.82, 2.24) is 4.90 Å². The lowest BCUT2D eigenvalue weighted by molar-refractivity contribution is 0.0627. The van der Waals surface area contributed by atoms with E-state index in [9.17, 15) is 0 Å². The Morgan fingerprint density at radius 1 is 1.35 bits per heavy atom. The molecule has 1 N–H and O–H groups in total. The van der Waals surface area contributed by atoms with Crippen molar-refractivity contribution in [2.75, 3.05) is 26.8 Å². The smallest absolute Gasteiger partial charge is 0.0596 e. The van der Waals surface area contributed by atoms with Gasteiger partial charge >= 0.3 is 0 Å². The van der Waals surface area contributed by atoms with Gasteiger partial charge in [-0.1, -0.05) is 24.0 Å². The van der Waals surface area contributed by atoms with Gasteiger partial charge in [0.1, 0.15) is 0 Å². The molecule has 0 aromatic heterocycles. The lowest BCUT2D eigenvalue weighted by Gasteiger charge is -2.17. The molecule has 1 aromatic carbocycles. The minimum atomic E-state index is 0.116. The molecule has 0 heterocycles. The first kappa shape index (κ1) is 16.7. The summed E-state index contributed by atoms with van der Waals surface area (Å²) in [6.45, 7) is 6.77. The summed E-state index contributed by atoms with van der Waals surface area (Å²) in [6, 6.07) is 8.23. The van der Waals surface area contributed by atoms with Gasteiger partial charge in [-0.15, -0.1) is 0 Å². The van der Waals surface area contributed by atoms with E-state index in [1.54, 1.807) is 0 Å². The molecule has 0 spiro atoms. The van der Waals surface area contributed by atoms with Crippen LogP contribution in [0.3, 0.4) is 0 Å².